The van der Waals surface area contributed by atoms with Crippen molar-refractivity contribution in [2.24, 2.45) is 5.16 Å². The molecule has 0 aromatic heterocycles. The van der Waals surface area contributed by atoms with Gasteiger partial charge in [-0.15, -0.1) is 5.16 Å². The quantitative estimate of drug-likeness (QED) is 0.305. The van der Waals surface area contributed by atoms with Crippen molar-refractivity contribution in [3.8, 4) is 0 Å². The largest absolute Gasteiger partial charge is 0.456 e. The van der Waals surface area contributed by atoms with Crippen molar-refractivity contribution in [1.29, 1.82) is 0 Å². The van der Waals surface area contributed by atoms with Gasteiger partial charge in [-0.05, 0) is 19.6 Å². The van der Waals surface area contributed by atoms with Crippen LogP contribution in [0.1, 0.15) is 0 Å². The Labute approximate surface area is 45.3 Å². The van der Waals surface area contributed by atoms with Crippen LogP contribution >= 0.6 is 0 Å². The summed E-state index contributed by atoms with van der Waals surface area (Å²) in [6.45, 7) is 9.38. The Bertz CT molecular complexity index is 66.6. The molecule has 0 amide bonds. The van der Waals surface area contributed by atoms with E-state index < -0.39 is 8.32 Å². The average Bonchev–Trinajstić information content (AvgIpc) is 1.30. The molecule has 0 bridgehead atoms. The molecule has 0 N–H and O–H groups in total. The van der Waals surface area contributed by atoms with Crippen LogP contribution in [0.3, 0.4) is 0 Å². The van der Waals surface area contributed by atoms with Crippen LogP contribution in [0.2, 0.25) is 19.6 Å². The molecule has 0 unspecified atom stereocenters. The SMILES string of the molecule is C=NO[Si](C)(C)C. The standard InChI is InChI=1S/C4H11NOSi/c1-5-6-7(2,3)4/h1H2,2-4H3. The smallest absolute Gasteiger partial charge is 0.278 e. The highest BCUT2D eigenvalue weighted by atomic mass is 28.4. The van der Waals surface area contributed by atoms with Gasteiger partial charge in [-0.2, -0.15) is 0 Å². The Morgan fingerprint density at radius 1 is 1.43 bits per heavy atom. The van der Waals surface area contributed by atoms with E-state index in [-0.39, 0.29) is 0 Å². The first-order chi connectivity index (χ1) is 3.06. The fourth-order valence-corrected chi connectivity index (χ4v) is 0.581. The summed E-state index contributed by atoms with van der Waals surface area (Å²) in [5.74, 6) is 0. The summed E-state index contributed by atoms with van der Waals surface area (Å²) in [4.78, 5) is 0. The molecule has 0 aliphatic carbocycles. The maximum atomic E-state index is 4.88. The van der Waals surface area contributed by atoms with Crippen molar-refractivity contribution in [2.75, 3.05) is 0 Å². The average molecular weight is 117 g/mol. The number of oxime groups is 1. The molecular weight excluding hydrogens is 106 g/mol. The molecule has 0 aliphatic heterocycles. The maximum Gasteiger partial charge on any atom is 0.278 e. The Morgan fingerprint density at radius 2 is 1.86 bits per heavy atom. The van der Waals surface area contributed by atoms with Crippen molar-refractivity contribution in [1.82, 2.24) is 0 Å². The zero-order valence-electron chi connectivity index (χ0n) is 5.06. The van der Waals surface area contributed by atoms with Crippen LogP contribution in [-0.4, -0.2) is 15.0 Å². The molecule has 0 atom stereocenters. The molecule has 0 spiro atoms. The lowest BCUT2D eigenvalue weighted by molar-refractivity contribution is 0.340. The molecule has 0 aromatic rings. The fourth-order valence-electron chi connectivity index (χ4n) is 0.194. The fraction of sp³-hybridized carbons (Fsp3) is 0.750. The third-order valence-electron chi connectivity index (χ3n) is 0.338. The Hall–Kier alpha value is -0.313. The topological polar surface area (TPSA) is 21.6 Å². The summed E-state index contributed by atoms with van der Waals surface area (Å²) < 4.78 is 4.88. The maximum absolute atomic E-state index is 4.88. The minimum Gasteiger partial charge on any atom is -0.456 e. The van der Waals surface area contributed by atoms with E-state index in [1.165, 1.54) is 0 Å². The van der Waals surface area contributed by atoms with Gasteiger partial charge in [-0.1, -0.05) is 0 Å². The van der Waals surface area contributed by atoms with Crippen LogP contribution in [0.5, 0.6) is 0 Å². The summed E-state index contributed by atoms with van der Waals surface area (Å²) in [5.41, 5.74) is 0. The number of hydrogen-bond donors (Lipinski definition) is 0. The minimum absolute atomic E-state index is 1.39. The third-order valence-corrected chi connectivity index (χ3v) is 1.02. The second-order valence-corrected chi connectivity index (χ2v) is 6.74. The van der Waals surface area contributed by atoms with Gasteiger partial charge in [0, 0.05) is 6.72 Å². The van der Waals surface area contributed by atoms with Crippen molar-refractivity contribution in [3.05, 3.63) is 0 Å². The Balaban J connectivity index is 3.34. The molecule has 0 saturated heterocycles. The monoisotopic (exact) mass is 117 g/mol. The first kappa shape index (κ1) is 6.69. The molecule has 7 heavy (non-hydrogen) atoms. The van der Waals surface area contributed by atoms with E-state index in [1.54, 1.807) is 0 Å². The van der Waals surface area contributed by atoms with E-state index in [2.05, 4.69) is 31.5 Å². The number of hydrogen-bond acceptors (Lipinski definition) is 2. The van der Waals surface area contributed by atoms with Gasteiger partial charge in [0.05, 0.1) is 0 Å². The molecule has 2 nitrogen and oxygen atoms in total. The van der Waals surface area contributed by atoms with Crippen molar-refractivity contribution in [2.45, 2.75) is 19.6 Å². The van der Waals surface area contributed by atoms with Gasteiger partial charge in [-0.25, -0.2) is 0 Å². The summed E-state index contributed by atoms with van der Waals surface area (Å²) in [5, 5.41) is 3.32. The van der Waals surface area contributed by atoms with Gasteiger partial charge in [0.1, 0.15) is 0 Å². The van der Waals surface area contributed by atoms with Gasteiger partial charge in [0.15, 0.2) is 0 Å². The summed E-state index contributed by atoms with van der Waals surface area (Å²) in [7, 11) is -1.39. The van der Waals surface area contributed by atoms with E-state index in [9.17, 15) is 0 Å². The second-order valence-electron chi connectivity index (χ2n) is 2.33. The van der Waals surface area contributed by atoms with E-state index in [0.29, 0.717) is 0 Å². The highest BCUT2D eigenvalue weighted by Crippen LogP contribution is 2.00. The zero-order valence-corrected chi connectivity index (χ0v) is 6.06. The molecule has 0 rings (SSSR count). The van der Waals surface area contributed by atoms with E-state index in [1.807, 2.05) is 0 Å². The minimum atomic E-state index is -1.39. The molecule has 0 aromatic carbocycles. The van der Waals surface area contributed by atoms with Gasteiger partial charge < -0.3 is 4.53 Å². The molecule has 0 aliphatic rings. The number of rotatable bonds is 2. The molecular formula is C4H11NOSi. The van der Waals surface area contributed by atoms with Gasteiger partial charge >= 0.3 is 0 Å². The third kappa shape index (κ3) is 5.69. The molecule has 42 valence electrons. The zero-order chi connectivity index (χ0) is 5.91. The molecule has 3 heteroatoms. The van der Waals surface area contributed by atoms with Crippen molar-refractivity contribution >= 4 is 15.0 Å². The lowest BCUT2D eigenvalue weighted by Crippen LogP contribution is -2.21. The molecule has 0 radical (unpaired) electrons. The summed E-state index contributed by atoms with van der Waals surface area (Å²) in [6, 6.07) is 0. The molecule has 0 fully saturated rings. The van der Waals surface area contributed by atoms with Crippen molar-refractivity contribution < 1.29 is 4.53 Å². The molecule has 0 heterocycles. The van der Waals surface area contributed by atoms with Crippen LogP contribution in [0.25, 0.3) is 0 Å². The predicted molar refractivity (Wildman–Crippen MR) is 34.0 cm³/mol. The van der Waals surface area contributed by atoms with Crippen LogP contribution < -0.4 is 0 Å². The number of nitrogens with zero attached hydrogens (tertiary/aromatic N) is 1. The normalized spacial score (nSPS) is 10.7. The van der Waals surface area contributed by atoms with Crippen LogP contribution in [-0.2, 0) is 4.53 Å². The predicted octanol–water partition coefficient (Wildman–Crippen LogP) is 1.45. The summed E-state index contributed by atoms with van der Waals surface area (Å²) >= 11 is 0. The lowest BCUT2D eigenvalue weighted by Gasteiger charge is -2.10. The van der Waals surface area contributed by atoms with Crippen LogP contribution in [0.15, 0.2) is 5.16 Å². The Kier molecular flexibility index (Phi) is 2.02. The van der Waals surface area contributed by atoms with Crippen LogP contribution in [0.4, 0.5) is 0 Å². The first-order valence-electron chi connectivity index (χ1n) is 2.20. The van der Waals surface area contributed by atoms with E-state index >= 15 is 0 Å². The molecule has 0 saturated carbocycles. The van der Waals surface area contributed by atoms with E-state index in [4.69, 9.17) is 4.53 Å². The second kappa shape index (κ2) is 2.11. The highest BCUT2D eigenvalue weighted by Gasteiger charge is 2.14. The van der Waals surface area contributed by atoms with E-state index in [0.717, 1.165) is 0 Å². The highest BCUT2D eigenvalue weighted by molar-refractivity contribution is 6.69. The van der Waals surface area contributed by atoms with Crippen LogP contribution in [0, 0.1) is 0 Å². The van der Waals surface area contributed by atoms with Gasteiger partial charge in [0.2, 0.25) is 0 Å². The first-order valence-corrected chi connectivity index (χ1v) is 5.61. The van der Waals surface area contributed by atoms with Gasteiger partial charge in [-0.3, -0.25) is 0 Å². The lowest BCUT2D eigenvalue weighted by atomic mass is 11.8. The van der Waals surface area contributed by atoms with Crippen molar-refractivity contribution in [3.63, 3.8) is 0 Å². The van der Waals surface area contributed by atoms with Gasteiger partial charge in [0.25, 0.3) is 8.32 Å². The Morgan fingerprint density at radius 3 is 1.86 bits per heavy atom. The summed E-state index contributed by atoms with van der Waals surface area (Å²) in [6.07, 6.45) is 0.